The fraction of sp³-hybridized carbons (Fsp3) is 0.231. The number of anilines is 1. The van der Waals surface area contributed by atoms with Crippen LogP contribution in [0, 0.1) is 12.7 Å². The number of benzene rings is 1. The standard InChI is InChI=1S/C13H14FN3O/c1-3-17-12(6-7-15-17)13(18)16-11-8-9(2)4-5-10(11)14/h4-8H,3H2,1-2H3,(H,16,18). The Labute approximate surface area is 104 Å². The molecule has 0 spiro atoms. The van der Waals surface area contributed by atoms with E-state index in [0.717, 1.165) is 5.56 Å². The number of nitrogens with one attached hydrogen (secondary N) is 1. The minimum atomic E-state index is -0.448. The van der Waals surface area contributed by atoms with Crippen molar-refractivity contribution in [2.75, 3.05) is 5.32 Å². The lowest BCUT2D eigenvalue weighted by Gasteiger charge is -2.08. The second-order valence-corrected chi connectivity index (χ2v) is 3.97. The Kier molecular flexibility index (Phi) is 3.41. The van der Waals surface area contributed by atoms with E-state index >= 15 is 0 Å². The molecule has 0 unspecified atom stereocenters. The van der Waals surface area contributed by atoms with Crippen molar-refractivity contribution < 1.29 is 9.18 Å². The fourth-order valence-electron chi connectivity index (χ4n) is 1.70. The van der Waals surface area contributed by atoms with E-state index in [1.807, 2.05) is 13.8 Å². The number of aryl methyl sites for hydroxylation is 2. The van der Waals surface area contributed by atoms with Crippen molar-refractivity contribution in [2.24, 2.45) is 0 Å². The molecule has 0 saturated carbocycles. The molecule has 0 saturated heterocycles. The van der Waals surface area contributed by atoms with Gasteiger partial charge in [-0.1, -0.05) is 6.07 Å². The van der Waals surface area contributed by atoms with E-state index in [4.69, 9.17) is 0 Å². The molecular formula is C13H14FN3O. The molecule has 1 N–H and O–H groups in total. The van der Waals surface area contributed by atoms with Gasteiger partial charge in [-0.3, -0.25) is 9.48 Å². The Balaban J connectivity index is 2.24. The van der Waals surface area contributed by atoms with E-state index in [9.17, 15) is 9.18 Å². The van der Waals surface area contributed by atoms with E-state index in [1.165, 1.54) is 6.07 Å². The van der Waals surface area contributed by atoms with Gasteiger partial charge in [0.05, 0.1) is 5.69 Å². The molecule has 4 nitrogen and oxygen atoms in total. The zero-order chi connectivity index (χ0) is 13.1. The van der Waals surface area contributed by atoms with Gasteiger partial charge in [0.1, 0.15) is 11.5 Å². The molecule has 2 aromatic rings. The number of hydrogen-bond acceptors (Lipinski definition) is 2. The van der Waals surface area contributed by atoms with Crippen molar-refractivity contribution >= 4 is 11.6 Å². The Bertz CT molecular complexity index is 577. The van der Waals surface area contributed by atoms with Gasteiger partial charge in [-0.15, -0.1) is 0 Å². The predicted molar refractivity (Wildman–Crippen MR) is 67.0 cm³/mol. The Morgan fingerprint density at radius 3 is 2.94 bits per heavy atom. The van der Waals surface area contributed by atoms with E-state index < -0.39 is 5.82 Å². The van der Waals surface area contributed by atoms with Crippen LogP contribution in [0.5, 0.6) is 0 Å². The monoisotopic (exact) mass is 247 g/mol. The molecule has 1 amide bonds. The van der Waals surface area contributed by atoms with Crippen LogP contribution in [-0.2, 0) is 6.54 Å². The molecule has 0 aliphatic carbocycles. The third-order valence-electron chi connectivity index (χ3n) is 2.62. The summed E-state index contributed by atoms with van der Waals surface area (Å²) in [6.45, 7) is 4.31. The van der Waals surface area contributed by atoms with Crippen molar-refractivity contribution in [1.82, 2.24) is 9.78 Å². The predicted octanol–water partition coefficient (Wildman–Crippen LogP) is 2.60. The summed E-state index contributed by atoms with van der Waals surface area (Å²) in [4.78, 5) is 12.0. The number of aromatic nitrogens is 2. The Morgan fingerprint density at radius 2 is 2.22 bits per heavy atom. The minimum absolute atomic E-state index is 0.184. The molecule has 0 radical (unpaired) electrons. The van der Waals surface area contributed by atoms with Crippen molar-refractivity contribution in [3.8, 4) is 0 Å². The topological polar surface area (TPSA) is 46.9 Å². The fourth-order valence-corrected chi connectivity index (χ4v) is 1.70. The first kappa shape index (κ1) is 12.3. The molecule has 0 fully saturated rings. The zero-order valence-electron chi connectivity index (χ0n) is 10.3. The van der Waals surface area contributed by atoms with Crippen molar-refractivity contribution in [1.29, 1.82) is 0 Å². The highest BCUT2D eigenvalue weighted by Gasteiger charge is 2.13. The van der Waals surface area contributed by atoms with E-state index in [2.05, 4.69) is 10.4 Å². The highest BCUT2D eigenvalue weighted by atomic mass is 19.1. The van der Waals surface area contributed by atoms with E-state index in [-0.39, 0.29) is 11.6 Å². The van der Waals surface area contributed by atoms with Gasteiger partial charge in [0.25, 0.3) is 5.91 Å². The quantitative estimate of drug-likeness (QED) is 0.906. The summed E-state index contributed by atoms with van der Waals surface area (Å²) in [6.07, 6.45) is 1.55. The lowest BCUT2D eigenvalue weighted by Crippen LogP contribution is -2.18. The van der Waals surface area contributed by atoms with Crippen LogP contribution in [0.25, 0.3) is 0 Å². The average molecular weight is 247 g/mol. The molecule has 0 aliphatic rings. The minimum Gasteiger partial charge on any atom is -0.318 e. The van der Waals surface area contributed by atoms with Gasteiger partial charge in [-0.2, -0.15) is 5.10 Å². The second kappa shape index (κ2) is 5.00. The van der Waals surface area contributed by atoms with Gasteiger partial charge in [-0.05, 0) is 37.6 Å². The largest absolute Gasteiger partial charge is 0.318 e. The van der Waals surface area contributed by atoms with Crippen molar-refractivity contribution in [3.05, 3.63) is 47.5 Å². The van der Waals surface area contributed by atoms with Crippen LogP contribution in [0.3, 0.4) is 0 Å². The van der Waals surface area contributed by atoms with Gasteiger partial charge >= 0.3 is 0 Å². The lowest BCUT2D eigenvalue weighted by atomic mass is 10.2. The summed E-state index contributed by atoms with van der Waals surface area (Å²) in [5.74, 6) is -0.810. The molecule has 1 aromatic heterocycles. The first-order valence-corrected chi connectivity index (χ1v) is 5.71. The molecule has 0 aliphatic heterocycles. The maximum absolute atomic E-state index is 13.5. The molecule has 94 valence electrons. The van der Waals surface area contributed by atoms with Gasteiger partial charge in [0.15, 0.2) is 0 Å². The summed E-state index contributed by atoms with van der Waals surface area (Å²) in [5.41, 5.74) is 1.48. The summed E-state index contributed by atoms with van der Waals surface area (Å²) < 4.78 is 15.1. The second-order valence-electron chi connectivity index (χ2n) is 3.97. The molecule has 1 heterocycles. The van der Waals surface area contributed by atoms with Crippen LogP contribution in [0.15, 0.2) is 30.5 Å². The van der Waals surface area contributed by atoms with Crippen LogP contribution in [0.1, 0.15) is 23.0 Å². The molecule has 2 rings (SSSR count). The van der Waals surface area contributed by atoms with Crippen LogP contribution in [0.2, 0.25) is 0 Å². The van der Waals surface area contributed by atoms with Crippen LogP contribution in [0.4, 0.5) is 10.1 Å². The molecule has 1 aromatic carbocycles. The summed E-state index contributed by atoms with van der Waals surface area (Å²) >= 11 is 0. The summed E-state index contributed by atoms with van der Waals surface area (Å²) in [7, 11) is 0. The number of hydrogen-bond donors (Lipinski definition) is 1. The maximum Gasteiger partial charge on any atom is 0.274 e. The molecule has 5 heteroatoms. The number of rotatable bonds is 3. The number of halogens is 1. The van der Waals surface area contributed by atoms with Crippen LogP contribution in [-0.4, -0.2) is 15.7 Å². The lowest BCUT2D eigenvalue weighted by molar-refractivity contribution is 0.101. The normalized spacial score (nSPS) is 10.4. The smallest absolute Gasteiger partial charge is 0.274 e. The number of carbonyl (C=O) groups is 1. The summed E-state index contributed by atoms with van der Waals surface area (Å²) in [5, 5.41) is 6.55. The third kappa shape index (κ3) is 2.40. The van der Waals surface area contributed by atoms with Crippen LogP contribution >= 0.6 is 0 Å². The van der Waals surface area contributed by atoms with E-state index in [0.29, 0.717) is 12.2 Å². The first-order valence-electron chi connectivity index (χ1n) is 5.71. The van der Waals surface area contributed by atoms with Crippen molar-refractivity contribution in [3.63, 3.8) is 0 Å². The average Bonchev–Trinajstić information content (AvgIpc) is 2.82. The maximum atomic E-state index is 13.5. The molecule has 18 heavy (non-hydrogen) atoms. The highest BCUT2D eigenvalue weighted by Crippen LogP contribution is 2.16. The first-order chi connectivity index (χ1) is 8.61. The summed E-state index contributed by atoms with van der Waals surface area (Å²) in [6, 6.07) is 6.19. The third-order valence-corrected chi connectivity index (χ3v) is 2.62. The molecule has 0 bridgehead atoms. The molecule has 0 atom stereocenters. The SMILES string of the molecule is CCn1nccc1C(=O)Nc1cc(C)ccc1F. The highest BCUT2D eigenvalue weighted by molar-refractivity contribution is 6.03. The van der Waals surface area contributed by atoms with E-state index in [1.54, 1.807) is 29.1 Å². The van der Waals surface area contributed by atoms with Gasteiger partial charge in [0, 0.05) is 12.7 Å². The van der Waals surface area contributed by atoms with Gasteiger partial charge < -0.3 is 5.32 Å². The van der Waals surface area contributed by atoms with Gasteiger partial charge in [0.2, 0.25) is 0 Å². The number of amides is 1. The van der Waals surface area contributed by atoms with Gasteiger partial charge in [-0.25, -0.2) is 4.39 Å². The Hall–Kier alpha value is -2.17. The van der Waals surface area contributed by atoms with Crippen molar-refractivity contribution in [2.45, 2.75) is 20.4 Å². The number of nitrogens with zero attached hydrogens (tertiary/aromatic N) is 2. The Morgan fingerprint density at radius 1 is 1.44 bits per heavy atom. The zero-order valence-corrected chi connectivity index (χ0v) is 10.3. The number of carbonyl (C=O) groups excluding carboxylic acids is 1. The van der Waals surface area contributed by atoms with Crippen LogP contribution < -0.4 is 5.32 Å². The molecular weight excluding hydrogens is 233 g/mol.